The summed E-state index contributed by atoms with van der Waals surface area (Å²) in [7, 11) is -3.62. The zero-order valence-electron chi connectivity index (χ0n) is 9.27. The van der Waals surface area contributed by atoms with Crippen molar-refractivity contribution in [3.8, 4) is 5.75 Å². The van der Waals surface area contributed by atoms with Gasteiger partial charge in [-0.1, -0.05) is 12.1 Å². The van der Waals surface area contributed by atoms with E-state index in [1.165, 1.54) is 18.2 Å². The van der Waals surface area contributed by atoms with Gasteiger partial charge in [-0.15, -0.1) is 0 Å². The van der Waals surface area contributed by atoms with E-state index in [9.17, 15) is 21.6 Å². The molecule has 0 aromatic heterocycles. The maximum absolute atomic E-state index is 12.6. The van der Waals surface area contributed by atoms with E-state index in [1.54, 1.807) is 0 Å². The van der Waals surface area contributed by atoms with Gasteiger partial charge in [-0.05, 0) is 18.6 Å². The van der Waals surface area contributed by atoms with Crippen molar-refractivity contribution in [2.24, 2.45) is 5.14 Å². The predicted octanol–water partition coefficient (Wildman–Crippen LogP) is 1.76. The van der Waals surface area contributed by atoms with Gasteiger partial charge in [0.15, 0.2) is 0 Å². The highest BCUT2D eigenvalue weighted by atomic mass is 32.2. The van der Waals surface area contributed by atoms with Gasteiger partial charge in [-0.25, -0.2) is 13.6 Å². The van der Waals surface area contributed by atoms with Gasteiger partial charge in [0, 0.05) is 0 Å². The van der Waals surface area contributed by atoms with Gasteiger partial charge in [0.2, 0.25) is 10.0 Å². The number of nitrogens with two attached hydrogens (primary N) is 1. The molecule has 1 aromatic carbocycles. The number of hydrogen-bond donors (Lipinski definition) is 1. The molecule has 0 atom stereocenters. The lowest BCUT2D eigenvalue weighted by atomic mass is 10.2. The molecule has 0 amide bonds. The molecule has 1 rings (SSSR count). The summed E-state index contributed by atoms with van der Waals surface area (Å²) in [5.41, 5.74) is -0.888. The van der Waals surface area contributed by atoms with Crippen LogP contribution in [0.25, 0.3) is 0 Å². The molecule has 4 nitrogen and oxygen atoms in total. The maximum atomic E-state index is 12.6. The van der Waals surface area contributed by atoms with Gasteiger partial charge in [-0.3, -0.25) is 0 Å². The Morgan fingerprint density at radius 1 is 1.22 bits per heavy atom. The predicted molar refractivity (Wildman–Crippen MR) is 59.5 cm³/mol. The lowest BCUT2D eigenvalue weighted by Gasteiger charge is -2.13. The molecule has 0 bridgehead atoms. The van der Waals surface area contributed by atoms with Gasteiger partial charge in [0.05, 0.1) is 17.9 Å². The Balaban J connectivity index is 2.63. The van der Waals surface area contributed by atoms with Crippen LogP contribution in [-0.4, -0.2) is 20.8 Å². The Morgan fingerprint density at radius 2 is 1.83 bits per heavy atom. The lowest BCUT2D eigenvalue weighted by molar-refractivity contribution is -0.138. The molecule has 0 saturated carbocycles. The van der Waals surface area contributed by atoms with Crippen molar-refractivity contribution < 1.29 is 26.3 Å². The summed E-state index contributed by atoms with van der Waals surface area (Å²) < 4.78 is 63.8. The average Bonchev–Trinajstić information content (AvgIpc) is 2.22. The van der Waals surface area contributed by atoms with Gasteiger partial charge in [0.1, 0.15) is 5.75 Å². The molecule has 0 aliphatic carbocycles. The lowest BCUT2D eigenvalue weighted by Crippen LogP contribution is -2.18. The summed E-state index contributed by atoms with van der Waals surface area (Å²) in [4.78, 5) is 0. The number of halogens is 3. The van der Waals surface area contributed by atoms with E-state index in [-0.39, 0.29) is 24.5 Å². The van der Waals surface area contributed by atoms with E-state index in [0.717, 1.165) is 6.07 Å². The van der Waals surface area contributed by atoms with E-state index in [0.29, 0.717) is 0 Å². The Kier molecular flexibility index (Phi) is 4.58. The van der Waals surface area contributed by atoms with Crippen molar-refractivity contribution in [3.05, 3.63) is 29.8 Å². The van der Waals surface area contributed by atoms with Crippen molar-refractivity contribution in [2.45, 2.75) is 12.6 Å². The first-order valence-electron chi connectivity index (χ1n) is 4.99. The quantitative estimate of drug-likeness (QED) is 0.837. The normalized spacial score (nSPS) is 12.4. The number of benzene rings is 1. The van der Waals surface area contributed by atoms with Crippen LogP contribution in [0.15, 0.2) is 24.3 Å². The average molecular weight is 283 g/mol. The van der Waals surface area contributed by atoms with Gasteiger partial charge in [-0.2, -0.15) is 13.2 Å². The van der Waals surface area contributed by atoms with Crippen LogP contribution in [0.4, 0.5) is 13.2 Å². The second-order valence-corrected chi connectivity index (χ2v) is 5.30. The van der Waals surface area contributed by atoms with Crippen LogP contribution in [0.1, 0.15) is 12.0 Å². The van der Waals surface area contributed by atoms with E-state index in [2.05, 4.69) is 0 Å². The zero-order valence-corrected chi connectivity index (χ0v) is 10.1. The van der Waals surface area contributed by atoms with Crippen LogP contribution >= 0.6 is 0 Å². The second kappa shape index (κ2) is 5.57. The molecule has 2 N–H and O–H groups in total. The van der Waals surface area contributed by atoms with Crippen LogP contribution in [-0.2, 0) is 16.2 Å². The van der Waals surface area contributed by atoms with Gasteiger partial charge in [0.25, 0.3) is 0 Å². The standard InChI is InChI=1S/C10H12F3NO3S/c11-10(12,13)8-4-1-2-5-9(8)17-6-3-7-18(14,15)16/h1-2,4-5H,3,6-7H2,(H2,14,15,16). The van der Waals surface area contributed by atoms with E-state index in [1.807, 2.05) is 0 Å². The van der Waals surface area contributed by atoms with Crippen LogP contribution in [0.5, 0.6) is 5.75 Å². The molecule has 1 aromatic rings. The number of sulfonamides is 1. The third-order valence-corrected chi connectivity index (χ3v) is 2.88. The van der Waals surface area contributed by atoms with Crippen LogP contribution in [0, 0.1) is 0 Å². The Labute approximate surface area is 103 Å². The van der Waals surface area contributed by atoms with Crippen LogP contribution in [0.3, 0.4) is 0 Å². The fourth-order valence-corrected chi connectivity index (χ4v) is 1.79. The first-order chi connectivity index (χ1) is 8.20. The first-order valence-corrected chi connectivity index (χ1v) is 6.71. The number of hydrogen-bond acceptors (Lipinski definition) is 3. The fourth-order valence-electron chi connectivity index (χ4n) is 1.27. The third-order valence-electron chi connectivity index (χ3n) is 2.02. The Morgan fingerprint density at radius 3 is 2.39 bits per heavy atom. The molecule has 0 unspecified atom stereocenters. The SMILES string of the molecule is NS(=O)(=O)CCCOc1ccccc1C(F)(F)F. The number of primary sulfonamides is 1. The molecule has 18 heavy (non-hydrogen) atoms. The summed E-state index contributed by atoms with van der Waals surface area (Å²) in [5.74, 6) is -0.652. The summed E-state index contributed by atoms with van der Waals surface area (Å²) >= 11 is 0. The number of alkyl halides is 3. The van der Waals surface area contributed by atoms with Crippen LogP contribution in [0.2, 0.25) is 0 Å². The molecule has 0 heterocycles. The Hall–Kier alpha value is -1.28. The van der Waals surface area contributed by atoms with E-state index >= 15 is 0 Å². The first kappa shape index (κ1) is 14.8. The van der Waals surface area contributed by atoms with Gasteiger partial charge < -0.3 is 4.74 Å². The Bertz CT molecular complexity index is 499. The highest BCUT2D eigenvalue weighted by Crippen LogP contribution is 2.35. The minimum Gasteiger partial charge on any atom is -0.493 e. The molecule has 0 saturated heterocycles. The zero-order chi connectivity index (χ0) is 13.8. The summed E-state index contributed by atoms with van der Waals surface area (Å²) in [6.45, 7) is -0.149. The highest BCUT2D eigenvalue weighted by Gasteiger charge is 2.33. The third kappa shape index (κ3) is 4.92. The van der Waals surface area contributed by atoms with Crippen molar-refractivity contribution in [1.82, 2.24) is 0 Å². The summed E-state index contributed by atoms with van der Waals surface area (Å²) in [6, 6.07) is 4.74. The molecule has 102 valence electrons. The molecule has 0 aliphatic heterocycles. The van der Waals surface area contributed by atoms with Crippen molar-refractivity contribution in [2.75, 3.05) is 12.4 Å². The number of para-hydroxylation sites is 1. The number of rotatable bonds is 5. The van der Waals surface area contributed by atoms with Crippen molar-refractivity contribution in [3.63, 3.8) is 0 Å². The molecule has 8 heteroatoms. The molecule has 0 fully saturated rings. The smallest absolute Gasteiger partial charge is 0.419 e. The van der Waals surface area contributed by atoms with Gasteiger partial charge >= 0.3 is 6.18 Å². The fraction of sp³-hybridized carbons (Fsp3) is 0.400. The monoisotopic (exact) mass is 283 g/mol. The van der Waals surface area contributed by atoms with Crippen molar-refractivity contribution >= 4 is 10.0 Å². The molecular weight excluding hydrogens is 271 g/mol. The minimum absolute atomic E-state index is 0.0328. The van der Waals surface area contributed by atoms with Crippen LogP contribution < -0.4 is 9.88 Å². The second-order valence-electron chi connectivity index (χ2n) is 3.56. The van der Waals surface area contributed by atoms with Crippen molar-refractivity contribution in [1.29, 1.82) is 0 Å². The maximum Gasteiger partial charge on any atom is 0.419 e. The highest BCUT2D eigenvalue weighted by molar-refractivity contribution is 7.89. The molecule has 0 radical (unpaired) electrons. The van der Waals surface area contributed by atoms with E-state index < -0.39 is 21.8 Å². The largest absolute Gasteiger partial charge is 0.493 e. The minimum atomic E-state index is -4.50. The van der Waals surface area contributed by atoms with E-state index in [4.69, 9.17) is 9.88 Å². The summed E-state index contributed by atoms with van der Waals surface area (Å²) in [5, 5.41) is 4.75. The number of ether oxygens (including phenoxy) is 1. The molecular formula is C10H12F3NO3S. The molecule has 0 spiro atoms. The topological polar surface area (TPSA) is 69.4 Å². The summed E-state index contributed by atoms with van der Waals surface area (Å²) in [6.07, 6.45) is -4.47. The molecule has 0 aliphatic rings.